The second-order valence-corrected chi connectivity index (χ2v) is 6.56. The molecule has 0 spiro atoms. The molecule has 5 nitrogen and oxygen atoms in total. The van der Waals surface area contributed by atoms with Gasteiger partial charge >= 0.3 is 0 Å². The van der Waals surface area contributed by atoms with Gasteiger partial charge in [0.1, 0.15) is 0 Å². The van der Waals surface area contributed by atoms with Crippen LogP contribution in [0.5, 0.6) is 0 Å². The zero-order valence-electron chi connectivity index (χ0n) is 11.8. The predicted octanol–water partition coefficient (Wildman–Crippen LogP) is 1.09. The molecule has 0 bridgehead atoms. The fourth-order valence-electron chi connectivity index (χ4n) is 2.12. The highest BCUT2D eigenvalue weighted by molar-refractivity contribution is 7.15. The minimum absolute atomic E-state index is 0.0283. The Morgan fingerprint density at radius 1 is 1.42 bits per heavy atom. The van der Waals surface area contributed by atoms with Crippen molar-refractivity contribution in [2.45, 2.75) is 32.7 Å². The summed E-state index contributed by atoms with van der Waals surface area (Å²) in [6.07, 6.45) is 2.97. The van der Waals surface area contributed by atoms with E-state index in [0.717, 1.165) is 37.7 Å². The summed E-state index contributed by atoms with van der Waals surface area (Å²) in [5.74, 6) is 0.0283. The standard InChI is InChI=1S/C13H22N4OS/c1-4-10-9-15-12(19-10)17-7-5-16(6-8-17)11(18)13(2,3)14/h9H,4-8,14H2,1-3H3. The first-order valence-corrected chi connectivity index (χ1v) is 7.51. The molecule has 2 N–H and O–H groups in total. The molecule has 0 unspecified atom stereocenters. The molecule has 2 heterocycles. The summed E-state index contributed by atoms with van der Waals surface area (Å²) in [5, 5.41) is 1.07. The van der Waals surface area contributed by atoms with Gasteiger partial charge in [-0.1, -0.05) is 6.92 Å². The first-order chi connectivity index (χ1) is 8.91. The summed E-state index contributed by atoms with van der Waals surface area (Å²) in [6, 6.07) is 0. The van der Waals surface area contributed by atoms with Gasteiger partial charge in [-0.3, -0.25) is 4.79 Å². The number of nitrogens with two attached hydrogens (primary N) is 1. The van der Waals surface area contributed by atoms with E-state index in [1.807, 2.05) is 11.1 Å². The van der Waals surface area contributed by atoms with Crippen molar-refractivity contribution in [2.75, 3.05) is 31.1 Å². The zero-order valence-corrected chi connectivity index (χ0v) is 12.7. The molecule has 1 aromatic rings. The smallest absolute Gasteiger partial charge is 0.242 e. The fraction of sp³-hybridized carbons (Fsp3) is 0.692. The first kappa shape index (κ1) is 14.3. The Morgan fingerprint density at radius 3 is 2.53 bits per heavy atom. The van der Waals surface area contributed by atoms with Gasteiger partial charge in [-0.15, -0.1) is 11.3 Å². The van der Waals surface area contributed by atoms with Crippen LogP contribution in [0.4, 0.5) is 5.13 Å². The highest BCUT2D eigenvalue weighted by Gasteiger charge is 2.30. The molecule has 0 aromatic carbocycles. The number of nitrogens with zero attached hydrogens (tertiary/aromatic N) is 3. The van der Waals surface area contributed by atoms with Crippen LogP contribution in [0, 0.1) is 0 Å². The highest BCUT2D eigenvalue weighted by atomic mass is 32.1. The van der Waals surface area contributed by atoms with Crippen LogP contribution < -0.4 is 10.6 Å². The maximum atomic E-state index is 12.1. The molecule has 1 amide bonds. The van der Waals surface area contributed by atoms with Crippen molar-refractivity contribution in [3.8, 4) is 0 Å². The van der Waals surface area contributed by atoms with E-state index in [9.17, 15) is 4.79 Å². The molecule has 2 rings (SSSR count). The van der Waals surface area contributed by atoms with Gasteiger partial charge in [0, 0.05) is 37.3 Å². The lowest BCUT2D eigenvalue weighted by Gasteiger charge is -2.37. The van der Waals surface area contributed by atoms with Gasteiger partial charge in [0.25, 0.3) is 0 Å². The van der Waals surface area contributed by atoms with Crippen molar-refractivity contribution in [3.63, 3.8) is 0 Å². The SMILES string of the molecule is CCc1cnc(N2CCN(C(=O)C(C)(C)N)CC2)s1. The van der Waals surface area contributed by atoms with Gasteiger partial charge in [0.05, 0.1) is 5.54 Å². The first-order valence-electron chi connectivity index (χ1n) is 6.69. The van der Waals surface area contributed by atoms with Gasteiger partial charge in [0.15, 0.2) is 5.13 Å². The topological polar surface area (TPSA) is 62.5 Å². The molecule has 1 aliphatic rings. The lowest BCUT2D eigenvalue weighted by molar-refractivity contribution is -0.136. The van der Waals surface area contributed by atoms with E-state index in [0.29, 0.717) is 0 Å². The van der Waals surface area contributed by atoms with Crippen molar-refractivity contribution in [1.82, 2.24) is 9.88 Å². The minimum atomic E-state index is -0.779. The molecule has 0 radical (unpaired) electrons. The quantitative estimate of drug-likeness (QED) is 0.901. The van der Waals surface area contributed by atoms with Crippen LogP contribution >= 0.6 is 11.3 Å². The number of hydrogen-bond acceptors (Lipinski definition) is 5. The Kier molecular flexibility index (Phi) is 4.10. The third-order valence-corrected chi connectivity index (χ3v) is 4.48. The molecule has 6 heteroatoms. The summed E-state index contributed by atoms with van der Waals surface area (Å²) in [7, 11) is 0. The average Bonchev–Trinajstić information content (AvgIpc) is 2.86. The van der Waals surface area contributed by atoms with Crippen LogP contribution in [0.3, 0.4) is 0 Å². The van der Waals surface area contributed by atoms with Gasteiger partial charge in [-0.25, -0.2) is 4.98 Å². The number of carbonyl (C=O) groups is 1. The van der Waals surface area contributed by atoms with E-state index in [4.69, 9.17) is 5.73 Å². The number of thiazole rings is 1. The Balaban J connectivity index is 1.94. The van der Waals surface area contributed by atoms with E-state index < -0.39 is 5.54 Å². The van der Waals surface area contributed by atoms with Crippen LogP contribution in [0.25, 0.3) is 0 Å². The summed E-state index contributed by atoms with van der Waals surface area (Å²) in [5.41, 5.74) is 5.08. The number of piperazine rings is 1. The molecular formula is C13H22N4OS. The number of hydrogen-bond donors (Lipinski definition) is 1. The van der Waals surface area contributed by atoms with Crippen LogP contribution in [0.2, 0.25) is 0 Å². The van der Waals surface area contributed by atoms with Crippen molar-refractivity contribution in [3.05, 3.63) is 11.1 Å². The monoisotopic (exact) mass is 282 g/mol. The van der Waals surface area contributed by atoms with Crippen molar-refractivity contribution in [2.24, 2.45) is 5.73 Å². The third-order valence-electron chi connectivity index (χ3n) is 3.28. The minimum Gasteiger partial charge on any atom is -0.345 e. The van der Waals surface area contributed by atoms with E-state index in [-0.39, 0.29) is 5.91 Å². The normalized spacial score (nSPS) is 16.8. The number of rotatable bonds is 3. The number of aryl methyl sites for hydroxylation is 1. The van der Waals surface area contributed by atoms with Crippen molar-refractivity contribution in [1.29, 1.82) is 0 Å². The Bertz CT molecular complexity index is 444. The van der Waals surface area contributed by atoms with Crippen LogP contribution in [0.1, 0.15) is 25.6 Å². The third kappa shape index (κ3) is 3.25. The van der Waals surface area contributed by atoms with Crippen LogP contribution in [-0.4, -0.2) is 47.5 Å². The second-order valence-electron chi connectivity index (χ2n) is 5.46. The van der Waals surface area contributed by atoms with Crippen LogP contribution in [-0.2, 0) is 11.2 Å². The van der Waals surface area contributed by atoms with E-state index in [2.05, 4.69) is 16.8 Å². The Morgan fingerprint density at radius 2 is 2.05 bits per heavy atom. The van der Waals surface area contributed by atoms with Gasteiger partial charge in [-0.05, 0) is 20.3 Å². The van der Waals surface area contributed by atoms with Crippen LogP contribution in [0.15, 0.2) is 6.20 Å². The summed E-state index contributed by atoms with van der Waals surface area (Å²) >= 11 is 1.74. The van der Waals surface area contributed by atoms with Gasteiger partial charge < -0.3 is 15.5 Å². The maximum absolute atomic E-state index is 12.1. The molecule has 1 aromatic heterocycles. The lowest BCUT2D eigenvalue weighted by atomic mass is 10.1. The summed E-state index contributed by atoms with van der Waals surface area (Å²) in [4.78, 5) is 21.9. The fourth-order valence-corrected chi connectivity index (χ4v) is 3.02. The molecule has 106 valence electrons. The number of amides is 1. The van der Waals surface area contributed by atoms with E-state index in [1.165, 1.54) is 4.88 Å². The van der Waals surface area contributed by atoms with E-state index >= 15 is 0 Å². The van der Waals surface area contributed by atoms with Crippen molar-refractivity contribution >= 4 is 22.4 Å². The molecule has 19 heavy (non-hydrogen) atoms. The molecule has 1 aliphatic heterocycles. The molecule has 1 fully saturated rings. The second kappa shape index (κ2) is 5.46. The predicted molar refractivity (Wildman–Crippen MR) is 78.6 cm³/mol. The Labute approximate surface area is 118 Å². The largest absolute Gasteiger partial charge is 0.345 e. The average molecular weight is 282 g/mol. The Hall–Kier alpha value is -1.14. The highest BCUT2D eigenvalue weighted by Crippen LogP contribution is 2.24. The lowest BCUT2D eigenvalue weighted by Crippen LogP contribution is -2.57. The zero-order chi connectivity index (χ0) is 14.0. The molecule has 0 atom stereocenters. The van der Waals surface area contributed by atoms with E-state index in [1.54, 1.807) is 25.2 Å². The summed E-state index contributed by atoms with van der Waals surface area (Å²) < 4.78 is 0. The summed E-state index contributed by atoms with van der Waals surface area (Å²) in [6.45, 7) is 8.77. The maximum Gasteiger partial charge on any atom is 0.242 e. The van der Waals surface area contributed by atoms with Crippen molar-refractivity contribution < 1.29 is 4.79 Å². The molecular weight excluding hydrogens is 260 g/mol. The molecule has 0 saturated carbocycles. The molecule has 1 saturated heterocycles. The number of carbonyl (C=O) groups excluding carboxylic acids is 1. The number of aromatic nitrogens is 1. The molecule has 0 aliphatic carbocycles. The van der Waals surface area contributed by atoms with Gasteiger partial charge in [0.2, 0.25) is 5.91 Å². The van der Waals surface area contributed by atoms with Gasteiger partial charge in [-0.2, -0.15) is 0 Å². The number of anilines is 1.